The fourth-order valence-electron chi connectivity index (χ4n) is 4.39. The van der Waals surface area contributed by atoms with Crippen LogP contribution in [0.4, 0.5) is 5.69 Å². The van der Waals surface area contributed by atoms with Gasteiger partial charge in [-0.2, -0.15) is 0 Å². The minimum Gasteiger partial charge on any atom is -0.368 e. The molecule has 33 heavy (non-hydrogen) atoms. The lowest BCUT2D eigenvalue weighted by molar-refractivity contribution is -0.142. The van der Waals surface area contributed by atoms with Crippen LogP contribution in [0.15, 0.2) is 29.3 Å². The maximum atomic E-state index is 12.5. The molecule has 1 aromatic carbocycles. The maximum Gasteiger partial charge on any atom is 0.253 e. The topological polar surface area (TPSA) is 95.5 Å². The number of hydrogen-bond acceptors (Lipinski definition) is 5. The van der Waals surface area contributed by atoms with Gasteiger partial charge in [-0.3, -0.25) is 14.6 Å². The van der Waals surface area contributed by atoms with E-state index in [-0.39, 0.29) is 48.0 Å². The Labute approximate surface area is 212 Å². The first kappa shape index (κ1) is 25.7. The van der Waals surface area contributed by atoms with Gasteiger partial charge in [0.15, 0.2) is 5.96 Å². The Bertz CT molecular complexity index is 832. The Morgan fingerprint density at radius 2 is 1.70 bits per heavy atom. The molecule has 1 aromatic rings. The molecule has 0 aliphatic carbocycles. The smallest absolute Gasteiger partial charge is 0.253 e. The predicted octanol–water partition coefficient (Wildman–Crippen LogP) is 1.82. The summed E-state index contributed by atoms with van der Waals surface area (Å²) in [4.78, 5) is 33.3. The molecule has 0 radical (unpaired) electrons. The van der Waals surface area contributed by atoms with E-state index in [1.807, 2.05) is 29.2 Å². The average Bonchev–Trinajstić information content (AvgIpc) is 3.54. The molecule has 0 bridgehead atoms. The number of carbonyl (C=O) groups is 2. The van der Waals surface area contributed by atoms with E-state index < -0.39 is 0 Å². The highest BCUT2D eigenvalue weighted by atomic mass is 127. The van der Waals surface area contributed by atoms with E-state index in [9.17, 15) is 9.59 Å². The Hall–Kier alpha value is -1.92. The van der Waals surface area contributed by atoms with Gasteiger partial charge in [-0.1, -0.05) is 12.1 Å². The highest BCUT2D eigenvalue weighted by Gasteiger charge is 2.31. The SMILES string of the molecule is CN=C(NCc1cccc(NC(=O)C2CCCO2)c1)N1CCN(C(=O)C2CCCO2)CC1.I. The zero-order valence-electron chi connectivity index (χ0n) is 19.1. The first-order valence-electron chi connectivity index (χ1n) is 11.5. The number of nitrogens with one attached hydrogen (secondary N) is 2. The molecule has 10 heteroatoms. The molecule has 2 amide bonds. The van der Waals surface area contributed by atoms with E-state index in [4.69, 9.17) is 9.47 Å². The van der Waals surface area contributed by atoms with E-state index in [0.29, 0.717) is 32.8 Å². The molecule has 3 fully saturated rings. The van der Waals surface area contributed by atoms with Crippen LogP contribution in [0.3, 0.4) is 0 Å². The third kappa shape index (κ3) is 6.80. The number of amides is 2. The number of rotatable bonds is 5. The molecule has 9 nitrogen and oxygen atoms in total. The van der Waals surface area contributed by atoms with Crippen molar-refractivity contribution in [2.45, 2.75) is 44.4 Å². The van der Waals surface area contributed by atoms with Gasteiger partial charge in [0.05, 0.1) is 0 Å². The van der Waals surface area contributed by atoms with Crippen molar-refractivity contribution in [1.29, 1.82) is 0 Å². The molecule has 3 aliphatic heterocycles. The third-order valence-electron chi connectivity index (χ3n) is 6.18. The molecule has 0 spiro atoms. The Morgan fingerprint density at radius 1 is 1.03 bits per heavy atom. The number of aliphatic imine (C=N–C) groups is 1. The lowest BCUT2D eigenvalue weighted by Gasteiger charge is -2.37. The molecule has 2 atom stereocenters. The van der Waals surface area contributed by atoms with E-state index in [0.717, 1.165) is 56.0 Å². The zero-order valence-corrected chi connectivity index (χ0v) is 21.5. The summed E-state index contributed by atoms with van der Waals surface area (Å²) in [5, 5.41) is 6.35. The Balaban J connectivity index is 0.00000306. The summed E-state index contributed by atoms with van der Waals surface area (Å²) in [7, 11) is 1.77. The largest absolute Gasteiger partial charge is 0.368 e. The van der Waals surface area contributed by atoms with Crippen LogP contribution in [0.2, 0.25) is 0 Å². The van der Waals surface area contributed by atoms with Crippen LogP contribution < -0.4 is 10.6 Å². The number of guanidine groups is 1. The molecule has 2 N–H and O–H groups in total. The summed E-state index contributed by atoms with van der Waals surface area (Å²) in [6.45, 7) is 4.73. The lowest BCUT2D eigenvalue weighted by Crippen LogP contribution is -2.55. The van der Waals surface area contributed by atoms with Gasteiger partial charge in [0, 0.05) is 58.7 Å². The number of hydrogen-bond donors (Lipinski definition) is 2. The maximum absolute atomic E-state index is 12.5. The molecule has 3 saturated heterocycles. The van der Waals surface area contributed by atoms with Crippen molar-refractivity contribution in [3.63, 3.8) is 0 Å². The summed E-state index contributed by atoms with van der Waals surface area (Å²) in [6.07, 6.45) is 2.89. The number of ether oxygens (including phenoxy) is 2. The van der Waals surface area contributed by atoms with Crippen LogP contribution in [-0.4, -0.2) is 86.2 Å². The molecule has 4 rings (SSSR count). The van der Waals surface area contributed by atoms with Gasteiger partial charge in [-0.15, -0.1) is 24.0 Å². The second-order valence-corrected chi connectivity index (χ2v) is 8.41. The van der Waals surface area contributed by atoms with Crippen molar-refractivity contribution in [3.8, 4) is 0 Å². The first-order valence-corrected chi connectivity index (χ1v) is 11.5. The van der Waals surface area contributed by atoms with Gasteiger partial charge in [-0.05, 0) is 43.4 Å². The minimum atomic E-state index is -0.346. The van der Waals surface area contributed by atoms with Gasteiger partial charge in [0.25, 0.3) is 11.8 Å². The molecular weight excluding hydrogens is 537 g/mol. The summed E-state index contributed by atoms with van der Waals surface area (Å²) in [6, 6.07) is 7.79. The predicted molar refractivity (Wildman–Crippen MR) is 137 cm³/mol. The third-order valence-corrected chi connectivity index (χ3v) is 6.18. The van der Waals surface area contributed by atoms with Crippen molar-refractivity contribution >= 4 is 47.4 Å². The average molecular weight is 571 g/mol. The second kappa shape index (κ2) is 12.5. The molecule has 3 aliphatic rings. The lowest BCUT2D eigenvalue weighted by atomic mass is 10.2. The quantitative estimate of drug-likeness (QED) is 0.318. The molecule has 3 heterocycles. The fourth-order valence-corrected chi connectivity index (χ4v) is 4.39. The standard InChI is InChI=1S/C23H33N5O4.HI/c1-24-23(28-11-9-27(10-12-28)22(30)20-8-4-14-32-20)25-16-17-5-2-6-18(15-17)26-21(29)19-7-3-13-31-19;/h2,5-6,15,19-20H,3-4,7-14,16H2,1H3,(H,24,25)(H,26,29);1H. The van der Waals surface area contributed by atoms with Crippen molar-refractivity contribution in [2.75, 3.05) is 51.8 Å². The number of anilines is 1. The second-order valence-electron chi connectivity index (χ2n) is 8.41. The van der Waals surface area contributed by atoms with Crippen LogP contribution >= 0.6 is 24.0 Å². The molecule has 2 unspecified atom stereocenters. The summed E-state index contributed by atoms with van der Waals surface area (Å²) >= 11 is 0. The van der Waals surface area contributed by atoms with Crippen molar-refractivity contribution in [2.24, 2.45) is 4.99 Å². The molecule has 0 saturated carbocycles. The normalized spacial score (nSPS) is 23.2. The number of benzene rings is 1. The van der Waals surface area contributed by atoms with Crippen LogP contribution in [0.25, 0.3) is 0 Å². The van der Waals surface area contributed by atoms with Gasteiger partial charge < -0.3 is 29.9 Å². The van der Waals surface area contributed by atoms with Gasteiger partial charge in [0.2, 0.25) is 0 Å². The van der Waals surface area contributed by atoms with Crippen molar-refractivity contribution in [3.05, 3.63) is 29.8 Å². The number of halogens is 1. The number of carbonyl (C=O) groups excluding carboxylic acids is 2. The number of piperazine rings is 1. The van der Waals surface area contributed by atoms with Gasteiger partial charge in [0.1, 0.15) is 12.2 Å². The minimum absolute atomic E-state index is 0. The van der Waals surface area contributed by atoms with E-state index in [2.05, 4.69) is 20.5 Å². The monoisotopic (exact) mass is 571 g/mol. The molecule has 182 valence electrons. The van der Waals surface area contributed by atoms with Gasteiger partial charge in [-0.25, -0.2) is 0 Å². The summed E-state index contributed by atoms with van der Waals surface area (Å²) < 4.78 is 11.0. The fraction of sp³-hybridized carbons (Fsp3) is 0.609. The first-order chi connectivity index (χ1) is 15.6. The van der Waals surface area contributed by atoms with Crippen LogP contribution in [0.5, 0.6) is 0 Å². The Morgan fingerprint density at radius 3 is 2.33 bits per heavy atom. The zero-order chi connectivity index (χ0) is 22.3. The van der Waals surface area contributed by atoms with Gasteiger partial charge >= 0.3 is 0 Å². The number of nitrogens with zero attached hydrogens (tertiary/aromatic N) is 3. The summed E-state index contributed by atoms with van der Waals surface area (Å²) in [5.74, 6) is 0.841. The van der Waals surface area contributed by atoms with E-state index in [1.165, 1.54) is 0 Å². The molecule has 0 aromatic heterocycles. The van der Waals surface area contributed by atoms with Crippen LogP contribution in [0.1, 0.15) is 31.2 Å². The van der Waals surface area contributed by atoms with Crippen molar-refractivity contribution < 1.29 is 19.1 Å². The van der Waals surface area contributed by atoms with Crippen molar-refractivity contribution in [1.82, 2.24) is 15.1 Å². The highest BCUT2D eigenvalue weighted by Crippen LogP contribution is 2.17. The summed E-state index contributed by atoms with van der Waals surface area (Å²) in [5.41, 5.74) is 1.81. The Kier molecular flexibility index (Phi) is 9.75. The molecular formula is C23H34IN5O4. The van der Waals surface area contributed by atoms with E-state index in [1.54, 1.807) is 7.05 Å². The van der Waals surface area contributed by atoms with E-state index >= 15 is 0 Å². The van der Waals surface area contributed by atoms with Crippen LogP contribution in [0, 0.1) is 0 Å². The van der Waals surface area contributed by atoms with Crippen LogP contribution in [-0.2, 0) is 25.6 Å². The highest BCUT2D eigenvalue weighted by molar-refractivity contribution is 14.0.